The number of aromatic amines is 1. The molecule has 3 N–H and O–H groups in total. The zero-order valence-corrected chi connectivity index (χ0v) is 19.5. The molecule has 0 saturated heterocycles. The number of fused-ring (bicyclic) bond motifs is 1. The minimum atomic E-state index is -0.427. The first kappa shape index (κ1) is 21.4. The van der Waals surface area contributed by atoms with Gasteiger partial charge in [0.2, 0.25) is 0 Å². The van der Waals surface area contributed by atoms with Crippen LogP contribution in [-0.4, -0.2) is 31.2 Å². The van der Waals surface area contributed by atoms with Crippen molar-refractivity contribution in [1.82, 2.24) is 25.2 Å². The van der Waals surface area contributed by atoms with Crippen molar-refractivity contribution in [3.63, 3.8) is 0 Å². The molecule has 0 atom stereocenters. The lowest BCUT2D eigenvalue weighted by Crippen LogP contribution is -2.20. The topological polar surface area (TPSA) is 101 Å². The monoisotopic (exact) mass is 483 g/mol. The van der Waals surface area contributed by atoms with E-state index in [4.69, 9.17) is 11.6 Å². The van der Waals surface area contributed by atoms with Crippen molar-refractivity contribution < 1.29 is 4.79 Å². The van der Waals surface area contributed by atoms with Gasteiger partial charge in [0.25, 0.3) is 0 Å². The average Bonchev–Trinajstić information content (AvgIpc) is 3.51. The molecule has 1 fully saturated rings. The molecule has 2 heterocycles. The van der Waals surface area contributed by atoms with E-state index in [1.165, 1.54) is 5.56 Å². The van der Waals surface area contributed by atoms with Crippen LogP contribution in [0.1, 0.15) is 30.0 Å². The second-order valence-corrected chi connectivity index (χ2v) is 9.04. The third-order valence-corrected chi connectivity index (χ3v) is 6.43. The van der Waals surface area contributed by atoms with Gasteiger partial charge in [-0.1, -0.05) is 65.3 Å². The minimum Gasteiger partial charge on any atom is -0.306 e. The Morgan fingerprint density at radius 1 is 1.03 bits per heavy atom. The van der Waals surface area contributed by atoms with Crippen LogP contribution in [0.25, 0.3) is 22.2 Å². The summed E-state index contributed by atoms with van der Waals surface area (Å²) in [5.41, 5.74) is 5.49. The molecule has 5 aromatic rings. The maximum absolute atomic E-state index is 12.6. The van der Waals surface area contributed by atoms with Crippen LogP contribution in [0.2, 0.25) is 5.02 Å². The Morgan fingerprint density at radius 2 is 1.83 bits per heavy atom. The number of rotatable bonds is 6. The van der Waals surface area contributed by atoms with Gasteiger partial charge in [-0.15, -0.1) is 5.10 Å². The molecule has 0 aliphatic heterocycles. The number of anilines is 2. The highest BCUT2D eigenvalue weighted by Crippen LogP contribution is 2.44. The summed E-state index contributed by atoms with van der Waals surface area (Å²) in [5.74, 6) is 0.888. The van der Waals surface area contributed by atoms with Gasteiger partial charge in [0.15, 0.2) is 5.82 Å². The van der Waals surface area contributed by atoms with Gasteiger partial charge >= 0.3 is 6.03 Å². The van der Waals surface area contributed by atoms with Crippen LogP contribution in [0.5, 0.6) is 0 Å². The van der Waals surface area contributed by atoms with Gasteiger partial charge in [0.1, 0.15) is 5.69 Å². The summed E-state index contributed by atoms with van der Waals surface area (Å²) >= 11 is 6.15. The van der Waals surface area contributed by atoms with Crippen molar-refractivity contribution in [2.24, 2.45) is 0 Å². The number of hydrogen-bond acceptors (Lipinski definition) is 4. The van der Waals surface area contributed by atoms with E-state index in [1.54, 1.807) is 24.3 Å². The molecule has 2 amide bonds. The number of halogens is 1. The van der Waals surface area contributed by atoms with E-state index in [2.05, 4.69) is 43.3 Å². The Kier molecular flexibility index (Phi) is 5.42. The summed E-state index contributed by atoms with van der Waals surface area (Å²) < 4.78 is 2.01. The van der Waals surface area contributed by atoms with Crippen molar-refractivity contribution in [2.75, 3.05) is 10.6 Å². The predicted molar refractivity (Wildman–Crippen MR) is 137 cm³/mol. The highest BCUT2D eigenvalue weighted by Gasteiger charge is 2.32. The van der Waals surface area contributed by atoms with Gasteiger partial charge in [0, 0.05) is 16.9 Å². The van der Waals surface area contributed by atoms with Gasteiger partial charge in [0.05, 0.1) is 28.5 Å². The highest BCUT2D eigenvalue weighted by atomic mass is 35.5. The summed E-state index contributed by atoms with van der Waals surface area (Å²) in [4.78, 5) is 12.6. The number of aromatic nitrogens is 5. The molecule has 8 nitrogen and oxygen atoms in total. The fraction of sp³-hybridized carbons (Fsp3) is 0.154. The number of hydrogen-bond donors (Lipinski definition) is 3. The summed E-state index contributed by atoms with van der Waals surface area (Å²) in [6, 6.07) is 22.9. The van der Waals surface area contributed by atoms with Gasteiger partial charge in [-0.05, 0) is 42.7 Å². The van der Waals surface area contributed by atoms with Crippen molar-refractivity contribution in [3.05, 3.63) is 89.1 Å². The lowest BCUT2D eigenvalue weighted by Gasteiger charge is -2.09. The van der Waals surface area contributed by atoms with E-state index >= 15 is 0 Å². The molecule has 0 spiro atoms. The average molecular weight is 484 g/mol. The Bertz CT molecular complexity index is 1520. The van der Waals surface area contributed by atoms with E-state index in [1.807, 2.05) is 41.1 Å². The van der Waals surface area contributed by atoms with Gasteiger partial charge in [-0.2, -0.15) is 5.10 Å². The molecule has 0 unspecified atom stereocenters. The molecular weight excluding hydrogens is 462 g/mol. The fourth-order valence-electron chi connectivity index (χ4n) is 4.24. The number of nitrogens with one attached hydrogen (secondary N) is 3. The molecule has 1 aliphatic carbocycles. The quantitative estimate of drug-likeness (QED) is 0.274. The smallest absolute Gasteiger partial charge is 0.306 e. The molecule has 0 bridgehead atoms. The Labute approximate surface area is 206 Å². The second-order valence-electron chi connectivity index (χ2n) is 8.63. The van der Waals surface area contributed by atoms with E-state index < -0.39 is 6.03 Å². The van der Waals surface area contributed by atoms with Crippen molar-refractivity contribution >= 4 is 40.0 Å². The number of nitrogens with zero attached hydrogens (tertiary/aromatic N) is 4. The lowest BCUT2D eigenvalue weighted by atomic mass is 10.1. The van der Waals surface area contributed by atoms with Crippen LogP contribution < -0.4 is 10.6 Å². The van der Waals surface area contributed by atoms with Crippen LogP contribution in [0, 0.1) is 0 Å². The molecule has 2 aromatic heterocycles. The summed E-state index contributed by atoms with van der Waals surface area (Å²) in [6.45, 7) is 0.683. The number of H-pyrrole nitrogens is 1. The van der Waals surface area contributed by atoms with Crippen molar-refractivity contribution in [1.29, 1.82) is 0 Å². The summed E-state index contributed by atoms with van der Waals surface area (Å²) in [7, 11) is 0. The summed E-state index contributed by atoms with van der Waals surface area (Å²) in [5, 5.41) is 23.1. The highest BCUT2D eigenvalue weighted by molar-refractivity contribution is 6.33. The maximum atomic E-state index is 12.6. The Morgan fingerprint density at radius 3 is 2.63 bits per heavy atom. The van der Waals surface area contributed by atoms with E-state index in [9.17, 15) is 4.79 Å². The molecule has 9 heteroatoms. The number of carbonyl (C=O) groups is 1. The van der Waals surface area contributed by atoms with Crippen LogP contribution in [-0.2, 0) is 6.54 Å². The second kappa shape index (κ2) is 8.88. The van der Waals surface area contributed by atoms with Gasteiger partial charge in [-0.25, -0.2) is 9.48 Å². The van der Waals surface area contributed by atoms with Crippen molar-refractivity contribution in [3.8, 4) is 11.3 Å². The zero-order chi connectivity index (χ0) is 23.8. The first-order chi connectivity index (χ1) is 17.2. The molecule has 6 rings (SSSR count). The zero-order valence-electron chi connectivity index (χ0n) is 18.7. The van der Waals surface area contributed by atoms with Crippen molar-refractivity contribution in [2.45, 2.75) is 25.3 Å². The normalized spacial score (nSPS) is 13.2. The standard InChI is InChI=1S/C26H22ClN7O/c27-20-8-4-5-9-22(20)28-26(35)29-25-19-14-18(12-13-21(19)30-32-25)23-24(17-10-11-17)34(33-31-23)15-16-6-2-1-3-7-16/h1-9,12-14,17H,10-11,15H2,(H3,28,29,30,32,35). The number of carbonyl (C=O) groups excluding carboxylic acids is 1. The van der Waals surface area contributed by atoms with E-state index in [-0.39, 0.29) is 0 Å². The SMILES string of the molecule is O=C(Nc1ccccc1Cl)Nc1n[nH]c2ccc(-c3nnn(Cc4ccccc4)c3C3CC3)cc12. The van der Waals surface area contributed by atoms with Crippen LogP contribution in [0.3, 0.4) is 0 Å². The van der Waals surface area contributed by atoms with E-state index in [0.717, 1.165) is 40.7 Å². The third-order valence-electron chi connectivity index (χ3n) is 6.10. The van der Waals surface area contributed by atoms with Gasteiger partial charge in [-0.3, -0.25) is 10.4 Å². The number of amides is 2. The first-order valence-corrected chi connectivity index (χ1v) is 11.8. The molecule has 174 valence electrons. The minimum absolute atomic E-state index is 0.427. The van der Waals surface area contributed by atoms with E-state index in [0.29, 0.717) is 29.0 Å². The number of urea groups is 1. The Balaban J connectivity index is 1.30. The van der Waals surface area contributed by atoms with Crippen LogP contribution >= 0.6 is 11.6 Å². The molecule has 0 radical (unpaired) electrons. The molecule has 3 aromatic carbocycles. The molecular formula is C26H22ClN7O. The summed E-state index contributed by atoms with van der Waals surface area (Å²) in [6.07, 6.45) is 2.27. The molecule has 1 saturated carbocycles. The number of benzene rings is 3. The first-order valence-electron chi connectivity index (χ1n) is 11.4. The fourth-order valence-corrected chi connectivity index (χ4v) is 4.42. The maximum Gasteiger partial charge on any atom is 0.324 e. The molecule has 1 aliphatic rings. The van der Waals surface area contributed by atoms with Crippen LogP contribution in [0.4, 0.5) is 16.3 Å². The Hall–Kier alpha value is -4.17. The van der Waals surface area contributed by atoms with Crippen LogP contribution in [0.15, 0.2) is 72.8 Å². The predicted octanol–water partition coefficient (Wildman–Crippen LogP) is 6.04. The third kappa shape index (κ3) is 4.36. The number of para-hydroxylation sites is 1. The molecule has 35 heavy (non-hydrogen) atoms. The largest absolute Gasteiger partial charge is 0.324 e. The lowest BCUT2D eigenvalue weighted by molar-refractivity contribution is 0.262. The van der Waals surface area contributed by atoms with Gasteiger partial charge < -0.3 is 5.32 Å².